The molecular formula is C14H19F4NO. The predicted molar refractivity (Wildman–Crippen MR) is 69.2 cm³/mol. The predicted octanol–water partition coefficient (Wildman–Crippen LogP) is 4.06. The Labute approximate surface area is 116 Å². The fourth-order valence-electron chi connectivity index (χ4n) is 1.85. The number of halogens is 4. The number of nitrogens with one attached hydrogen (secondary N) is 1. The van der Waals surface area contributed by atoms with Crippen molar-refractivity contribution in [3.8, 4) is 5.75 Å². The van der Waals surface area contributed by atoms with Gasteiger partial charge in [-0.1, -0.05) is 0 Å². The van der Waals surface area contributed by atoms with E-state index in [0.29, 0.717) is 5.56 Å². The third-order valence-corrected chi connectivity index (χ3v) is 2.52. The highest BCUT2D eigenvalue weighted by molar-refractivity contribution is 5.33. The molecule has 0 radical (unpaired) electrons. The van der Waals surface area contributed by atoms with Gasteiger partial charge in [0.25, 0.3) is 6.43 Å². The summed E-state index contributed by atoms with van der Waals surface area (Å²) >= 11 is 0. The molecule has 0 amide bonds. The van der Waals surface area contributed by atoms with Crippen molar-refractivity contribution in [3.63, 3.8) is 0 Å². The fraction of sp³-hybridized carbons (Fsp3) is 0.571. The number of ether oxygens (including phenoxy) is 1. The second kappa shape index (κ2) is 6.43. The lowest BCUT2D eigenvalue weighted by atomic mass is 10.0. The molecule has 1 aromatic rings. The Morgan fingerprint density at radius 1 is 1.15 bits per heavy atom. The van der Waals surface area contributed by atoms with Gasteiger partial charge in [0.15, 0.2) is 17.4 Å². The van der Waals surface area contributed by atoms with Crippen molar-refractivity contribution < 1.29 is 22.3 Å². The van der Waals surface area contributed by atoms with Crippen LogP contribution in [-0.4, -0.2) is 18.6 Å². The van der Waals surface area contributed by atoms with Gasteiger partial charge in [-0.3, -0.25) is 0 Å². The highest BCUT2D eigenvalue weighted by atomic mass is 19.3. The van der Waals surface area contributed by atoms with Crippen LogP contribution in [0.4, 0.5) is 17.6 Å². The highest BCUT2D eigenvalue weighted by Gasteiger charge is 2.20. The molecule has 0 aliphatic carbocycles. The maximum Gasteiger partial charge on any atom is 0.272 e. The maximum atomic E-state index is 13.7. The molecule has 1 atom stereocenters. The number of benzene rings is 1. The van der Waals surface area contributed by atoms with Crippen molar-refractivity contribution >= 4 is 0 Å². The van der Waals surface area contributed by atoms with E-state index in [1.165, 1.54) is 0 Å². The molecule has 0 bridgehead atoms. The summed E-state index contributed by atoms with van der Waals surface area (Å²) in [5.74, 6) is -2.73. The molecular weight excluding hydrogens is 274 g/mol. The fourth-order valence-corrected chi connectivity index (χ4v) is 1.85. The molecule has 114 valence electrons. The van der Waals surface area contributed by atoms with Gasteiger partial charge in [-0.2, -0.15) is 0 Å². The van der Waals surface area contributed by atoms with Crippen molar-refractivity contribution in [2.24, 2.45) is 0 Å². The largest absolute Gasteiger partial charge is 0.482 e. The molecule has 1 aromatic carbocycles. The smallest absolute Gasteiger partial charge is 0.272 e. The Morgan fingerprint density at radius 2 is 1.65 bits per heavy atom. The Bertz CT molecular complexity index is 434. The van der Waals surface area contributed by atoms with Gasteiger partial charge >= 0.3 is 0 Å². The van der Waals surface area contributed by atoms with E-state index in [2.05, 4.69) is 10.1 Å². The van der Waals surface area contributed by atoms with Crippen molar-refractivity contribution in [1.29, 1.82) is 0 Å². The summed E-state index contributed by atoms with van der Waals surface area (Å²) in [6, 6.07) is 1.89. The van der Waals surface area contributed by atoms with Crippen LogP contribution in [0.2, 0.25) is 0 Å². The number of rotatable bonds is 5. The number of hydrogen-bond donors (Lipinski definition) is 1. The van der Waals surface area contributed by atoms with Crippen molar-refractivity contribution in [2.75, 3.05) is 6.61 Å². The first-order valence-electron chi connectivity index (χ1n) is 6.27. The van der Waals surface area contributed by atoms with Gasteiger partial charge in [-0.25, -0.2) is 17.6 Å². The number of alkyl halides is 2. The van der Waals surface area contributed by atoms with Gasteiger partial charge in [-0.05, 0) is 45.4 Å². The van der Waals surface area contributed by atoms with Crippen LogP contribution in [0.5, 0.6) is 5.75 Å². The van der Waals surface area contributed by atoms with E-state index in [9.17, 15) is 17.6 Å². The molecule has 6 heteroatoms. The van der Waals surface area contributed by atoms with E-state index in [1.54, 1.807) is 6.92 Å². The zero-order valence-electron chi connectivity index (χ0n) is 11.9. The van der Waals surface area contributed by atoms with Crippen LogP contribution in [0.3, 0.4) is 0 Å². The minimum Gasteiger partial charge on any atom is -0.482 e. The van der Waals surface area contributed by atoms with Crippen LogP contribution >= 0.6 is 0 Å². The normalized spacial score (nSPS) is 13.7. The van der Waals surface area contributed by atoms with Gasteiger partial charge in [0.05, 0.1) is 0 Å². The SMILES string of the molecule is CC(NC(C)(C)C)c1cc(F)c(OCC(F)F)c(F)c1. The van der Waals surface area contributed by atoms with Crippen molar-refractivity contribution in [2.45, 2.75) is 45.7 Å². The molecule has 0 aromatic heterocycles. The molecule has 2 nitrogen and oxygen atoms in total. The van der Waals surface area contributed by atoms with Crippen LogP contribution in [0.1, 0.15) is 39.3 Å². The molecule has 0 saturated carbocycles. The quantitative estimate of drug-likeness (QED) is 0.827. The molecule has 1 N–H and O–H groups in total. The summed E-state index contributed by atoms with van der Waals surface area (Å²) in [6.07, 6.45) is -2.78. The van der Waals surface area contributed by atoms with Crippen LogP contribution in [0, 0.1) is 11.6 Å². The van der Waals surface area contributed by atoms with Crippen LogP contribution in [-0.2, 0) is 0 Å². The van der Waals surface area contributed by atoms with E-state index in [4.69, 9.17) is 0 Å². The molecule has 0 saturated heterocycles. The summed E-state index contributed by atoms with van der Waals surface area (Å²) < 4.78 is 55.9. The minimum atomic E-state index is -2.78. The minimum absolute atomic E-state index is 0.225. The summed E-state index contributed by atoms with van der Waals surface area (Å²) in [5, 5.41) is 3.17. The standard InChI is InChI=1S/C14H19F4NO/c1-8(19-14(2,3)4)9-5-10(15)13(11(16)6-9)20-7-12(17)18/h5-6,8,12,19H,7H2,1-4H3. The molecule has 1 rings (SSSR count). The lowest BCUT2D eigenvalue weighted by Crippen LogP contribution is -2.37. The average molecular weight is 293 g/mol. The van der Waals surface area contributed by atoms with Gasteiger partial charge < -0.3 is 10.1 Å². The van der Waals surface area contributed by atoms with E-state index >= 15 is 0 Å². The van der Waals surface area contributed by atoms with Crippen molar-refractivity contribution in [1.82, 2.24) is 5.32 Å². The van der Waals surface area contributed by atoms with E-state index in [1.807, 2.05) is 20.8 Å². The topological polar surface area (TPSA) is 21.3 Å². The lowest BCUT2D eigenvalue weighted by molar-refractivity contribution is 0.0777. The molecule has 0 aliphatic rings. The second-order valence-electron chi connectivity index (χ2n) is 5.63. The third-order valence-electron chi connectivity index (χ3n) is 2.52. The van der Waals surface area contributed by atoms with Gasteiger partial charge in [0.2, 0.25) is 0 Å². The molecule has 1 unspecified atom stereocenters. The van der Waals surface area contributed by atoms with E-state index in [-0.39, 0.29) is 11.6 Å². The Balaban J connectivity index is 2.92. The lowest BCUT2D eigenvalue weighted by Gasteiger charge is -2.26. The molecule has 0 spiro atoms. The van der Waals surface area contributed by atoms with Gasteiger partial charge in [0.1, 0.15) is 6.61 Å². The molecule has 0 heterocycles. The number of hydrogen-bond acceptors (Lipinski definition) is 2. The highest BCUT2D eigenvalue weighted by Crippen LogP contribution is 2.27. The maximum absolute atomic E-state index is 13.7. The van der Waals surface area contributed by atoms with E-state index in [0.717, 1.165) is 12.1 Å². The van der Waals surface area contributed by atoms with Gasteiger partial charge in [-0.15, -0.1) is 0 Å². The Morgan fingerprint density at radius 3 is 2.05 bits per heavy atom. The van der Waals surface area contributed by atoms with Gasteiger partial charge in [0, 0.05) is 11.6 Å². The Hall–Kier alpha value is -1.30. The second-order valence-corrected chi connectivity index (χ2v) is 5.63. The van der Waals surface area contributed by atoms with Crippen LogP contribution in [0.25, 0.3) is 0 Å². The molecule has 20 heavy (non-hydrogen) atoms. The first-order valence-corrected chi connectivity index (χ1v) is 6.27. The zero-order chi connectivity index (χ0) is 15.5. The molecule has 0 aliphatic heterocycles. The zero-order valence-corrected chi connectivity index (χ0v) is 11.9. The van der Waals surface area contributed by atoms with E-state index < -0.39 is 30.4 Å². The summed E-state index contributed by atoms with van der Waals surface area (Å²) in [7, 11) is 0. The van der Waals surface area contributed by atoms with Crippen LogP contribution < -0.4 is 10.1 Å². The third kappa shape index (κ3) is 5.00. The summed E-state index contributed by atoms with van der Waals surface area (Å²) in [4.78, 5) is 0. The average Bonchev–Trinajstić information content (AvgIpc) is 2.24. The summed E-state index contributed by atoms with van der Waals surface area (Å²) in [6.45, 7) is 6.51. The first kappa shape index (κ1) is 16.8. The van der Waals surface area contributed by atoms with Crippen molar-refractivity contribution in [3.05, 3.63) is 29.3 Å². The first-order chi connectivity index (χ1) is 9.10. The summed E-state index contributed by atoms with van der Waals surface area (Å²) in [5.41, 5.74) is 0.163. The molecule has 0 fully saturated rings. The Kier molecular flexibility index (Phi) is 5.39. The monoisotopic (exact) mass is 293 g/mol. The van der Waals surface area contributed by atoms with Crippen LogP contribution in [0.15, 0.2) is 12.1 Å².